The molecule has 2 N–H and O–H groups in total. The van der Waals surface area contributed by atoms with Gasteiger partial charge < -0.3 is 24.8 Å². The Morgan fingerprint density at radius 2 is 1.89 bits per heavy atom. The molecular weight excluding hydrogens is 487 g/mol. The fourth-order valence-electron chi connectivity index (χ4n) is 5.11. The van der Waals surface area contributed by atoms with Gasteiger partial charge in [-0.15, -0.1) is 5.10 Å². The molecule has 4 atom stereocenters. The van der Waals surface area contributed by atoms with Crippen LogP contribution in [0.25, 0.3) is 10.9 Å². The molecule has 0 saturated carbocycles. The van der Waals surface area contributed by atoms with Crippen molar-refractivity contribution in [2.45, 2.75) is 63.9 Å². The van der Waals surface area contributed by atoms with Crippen LogP contribution in [0.2, 0.25) is 0 Å². The van der Waals surface area contributed by atoms with Gasteiger partial charge in [0.2, 0.25) is 5.88 Å². The zero-order valence-corrected chi connectivity index (χ0v) is 21.1. The van der Waals surface area contributed by atoms with E-state index in [4.69, 9.17) is 14.5 Å². The van der Waals surface area contributed by atoms with Crippen molar-refractivity contribution < 1.29 is 27.8 Å². The van der Waals surface area contributed by atoms with Crippen LogP contribution in [-0.4, -0.2) is 58.8 Å². The lowest BCUT2D eigenvalue weighted by atomic mass is 9.97. The standard InChI is InChI=1S/C26H30F3N5O3/c1-13(18-6-5-7-20(22(18)27)26(28,29)15(3)35)30-24-19-10-21(34-11-16-8-9-17(12-34)37-16)25(36-4)31-23(19)14(2)32-33-24/h5-7,10,13,15-17,35H,8-9,11-12H2,1-4H3,(H,30,33)/t13-,15?,16?,17?/m1/s1. The number of nitrogens with one attached hydrogen (secondary N) is 1. The van der Waals surface area contributed by atoms with Crippen LogP contribution in [0.5, 0.6) is 5.88 Å². The van der Waals surface area contributed by atoms with Gasteiger partial charge in [-0.3, -0.25) is 0 Å². The highest BCUT2D eigenvalue weighted by atomic mass is 19.3. The number of rotatable bonds is 7. The van der Waals surface area contributed by atoms with Crippen LogP contribution < -0.4 is 15.0 Å². The Morgan fingerprint density at radius 3 is 2.54 bits per heavy atom. The SMILES string of the molecule is COc1nc2c(C)nnc(N[C@H](C)c3cccc(C(F)(F)C(C)O)c3F)c2cc1N1CC2CCC(C1)O2. The van der Waals surface area contributed by atoms with Crippen LogP contribution in [0.4, 0.5) is 24.7 Å². The minimum Gasteiger partial charge on any atom is -0.480 e. The fourth-order valence-corrected chi connectivity index (χ4v) is 5.11. The minimum atomic E-state index is -3.73. The normalized spacial score (nSPS) is 21.2. The molecule has 4 heterocycles. The molecule has 198 valence electrons. The molecule has 1 aromatic carbocycles. The highest BCUT2D eigenvalue weighted by Crippen LogP contribution is 2.39. The van der Waals surface area contributed by atoms with Gasteiger partial charge in [0.05, 0.1) is 36.6 Å². The number of aliphatic hydroxyl groups excluding tert-OH is 1. The number of anilines is 2. The van der Waals surface area contributed by atoms with Gasteiger partial charge >= 0.3 is 5.92 Å². The summed E-state index contributed by atoms with van der Waals surface area (Å²) in [5, 5.41) is 21.8. The molecule has 3 aromatic rings. The summed E-state index contributed by atoms with van der Waals surface area (Å²) in [6, 6.07) is 4.94. The Balaban J connectivity index is 1.53. The molecule has 3 unspecified atom stereocenters. The summed E-state index contributed by atoms with van der Waals surface area (Å²) in [5.41, 5.74) is 1.10. The maximum absolute atomic E-state index is 15.2. The third-order valence-electron chi connectivity index (χ3n) is 7.18. The van der Waals surface area contributed by atoms with Crippen molar-refractivity contribution >= 4 is 22.4 Å². The Kier molecular flexibility index (Phi) is 6.61. The lowest BCUT2D eigenvalue weighted by molar-refractivity contribution is -0.108. The number of benzene rings is 1. The second kappa shape index (κ2) is 9.60. The lowest BCUT2D eigenvalue weighted by Crippen LogP contribution is -2.42. The Bertz CT molecular complexity index is 1310. The molecule has 37 heavy (non-hydrogen) atoms. The molecule has 5 rings (SSSR count). The third-order valence-corrected chi connectivity index (χ3v) is 7.18. The number of hydrogen-bond donors (Lipinski definition) is 2. The summed E-state index contributed by atoms with van der Waals surface area (Å²) in [7, 11) is 1.57. The molecule has 2 aliphatic heterocycles. The number of aryl methyl sites for hydroxylation is 1. The van der Waals surface area contributed by atoms with E-state index in [2.05, 4.69) is 20.4 Å². The van der Waals surface area contributed by atoms with Gasteiger partial charge in [-0.1, -0.05) is 12.1 Å². The van der Waals surface area contributed by atoms with E-state index in [-0.39, 0.29) is 17.8 Å². The van der Waals surface area contributed by atoms with Crippen molar-refractivity contribution in [2.24, 2.45) is 0 Å². The first-order valence-corrected chi connectivity index (χ1v) is 12.3. The highest BCUT2D eigenvalue weighted by molar-refractivity contribution is 5.93. The number of ether oxygens (including phenoxy) is 2. The maximum Gasteiger partial charge on any atom is 0.301 e. The molecule has 11 heteroatoms. The zero-order chi connectivity index (χ0) is 26.5. The molecule has 2 aromatic heterocycles. The summed E-state index contributed by atoms with van der Waals surface area (Å²) < 4.78 is 55.7. The molecule has 2 fully saturated rings. The second-order valence-electron chi connectivity index (χ2n) is 9.78. The fraction of sp³-hybridized carbons (Fsp3) is 0.500. The number of fused-ring (bicyclic) bond motifs is 3. The molecule has 0 radical (unpaired) electrons. The molecular formula is C26H30F3N5O3. The van der Waals surface area contributed by atoms with E-state index in [0.29, 0.717) is 41.4 Å². The first-order valence-electron chi connectivity index (χ1n) is 12.3. The number of hydrogen-bond acceptors (Lipinski definition) is 8. The van der Waals surface area contributed by atoms with Gasteiger partial charge in [-0.25, -0.2) is 9.37 Å². The Morgan fingerprint density at radius 1 is 1.19 bits per heavy atom. The largest absolute Gasteiger partial charge is 0.480 e. The van der Waals surface area contributed by atoms with E-state index in [1.807, 2.05) is 6.07 Å². The van der Waals surface area contributed by atoms with E-state index >= 15 is 4.39 Å². The lowest BCUT2D eigenvalue weighted by Gasteiger charge is -2.34. The van der Waals surface area contributed by atoms with Crippen molar-refractivity contribution in [3.63, 3.8) is 0 Å². The van der Waals surface area contributed by atoms with Crippen LogP contribution >= 0.6 is 0 Å². The van der Waals surface area contributed by atoms with Gasteiger partial charge in [-0.2, -0.15) is 13.9 Å². The predicted octanol–water partition coefficient (Wildman–Crippen LogP) is 4.49. The zero-order valence-electron chi connectivity index (χ0n) is 21.1. The summed E-state index contributed by atoms with van der Waals surface area (Å²) in [6.07, 6.45) is 0.298. The van der Waals surface area contributed by atoms with Crippen LogP contribution in [0.15, 0.2) is 24.3 Å². The van der Waals surface area contributed by atoms with Crippen LogP contribution in [0.1, 0.15) is 49.6 Å². The molecule has 0 spiro atoms. The molecule has 2 aliphatic rings. The molecule has 2 bridgehead atoms. The topological polar surface area (TPSA) is 92.6 Å². The van der Waals surface area contributed by atoms with E-state index in [1.165, 1.54) is 12.1 Å². The van der Waals surface area contributed by atoms with Gasteiger partial charge in [0, 0.05) is 24.0 Å². The van der Waals surface area contributed by atoms with Crippen molar-refractivity contribution in [3.8, 4) is 5.88 Å². The number of nitrogens with zero attached hydrogens (tertiary/aromatic N) is 4. The monoisotopic (exact) mass is 517 g/mol. The number of morpholine rings is 1. The molecule has 0 aliphatic carbocycles. The van der Waals surface area contributed by atoms with Gasteiger partial charge in [0.25, 0.3) is 0 Å². The van der Waals surface area contributed by atoms with Gasteiger partial charge in [0.15, 0.2) is 5.82 Å². The van der Waals surface area contributed by atoms with Crippen molar-refractivity contribution in [1.29, 1.82) is 0 Å². The average Bonchev–Trinajstić information content (AvgIpc) is 3.21. The quantitative estimate of drug-likeness (QED) is 0.474. The van der Waals surface area contributed by atoms with Crippen LogP contribution in [0, 0.1) is 12.7 Å². The Hall–Kier alpha value is -3.18. The number of aliphatic hydroxyl groups is 1. The first kappa shape index (κ1) is 25.5. The minimum absolute atomic E-state index is 0.0137. The van der Waals surface area contributed by atoms with Gasteiger partial charge in [-0.05, 0) is 45.7 Å². The van der Waals surface area contributed by atoms with E-state index < -0.39 is 29.4 Å². The van der Waals surface area contributed by atoms with E-state index in [1.54, 1.807) is 21.0 Å². The summed E-state index contributed by atoms with van der Waals surface area (Å²) >= 11 is 0. The first-order chi connectivity index (χ1) is 17.6. The van der Waals surface area contributed by atoms with Crippen molar-refractivity contribution in [1.82, 2.24) is 15.2 Å². The van der Waals surface area contributed by atoms with E-state index in [0.717, 1.165) is 31.5 Å². The molecule has 2 saturated heterocycles. The summed E-state index contributed by atoms with van der Waals surface area (Å²) in [6.45, 7) is 5.79. The van der Waals surface area contributed by atoms with Crippen LogP contribution in [0.3, 0.4) is 0 Å². The average molecular weight is 518 g/mol. The summed E-state index contributed by atoms with van der Waals surface area (Å²) in [4.78, 5) is 6.91. The maximum atomic E-state index is 15.2. The number of alkyl halides is 2. The van der Waals surface area contributed by atoms with Crippen molar-refractivity contribution in [2.75, 3.05) is 30.4 Å². The molecule has 0 amide bonds. The third kappa shape index (κ3) is 4.54. The molecule has 8 nitrogen and oxygen atoms in total. The van der Waals surface area contributed by atoms with Crippen LogP contribution in [-0.2, 0) is 10.7 Å². The number of pyridine rings is 1. The predicted molar refractivity (Wildman–Crippen MR) is 133 cm³/mol. The Labute approximate surface area is 212 Å². The number of methoxy groups -OCH3 is 1. The van der Waals surface area contributed by atoms with Gasteiger partial charge in [0.1, 0.15) is 23.1 Å². The smallest absolute Gasteiger partial charge is 0.301 e. The number of aromatic nitrogens is 3. The highest BCUT2D eigenvalue weighted by Gasteiger charge is 2.41. The van der Waals surface area contributed by atoms with E-state index in [9.17, 15) is 13.9 Å². The second-order valence-corrected chi connectivity index (χ2v) is 9.78. The number of halogens is 3. The summed E-state index contributed by atoms with van der Waals surface area (Å²) in [5.74, 6) is -4.01. The van der Waals surface area contributed by atoms with Crippen molar-refractivity contribution in [3.05, 3.63) is 46.9 Å².